The van der Waals surface area contributed by atoms with E-state index in [1.165, 1.54) is 11.3 Å². The largest absolute Gasteiger partial charge is 0.495 e. The number of thiazole rings is 1. The number of ether oxygens (including phenoxy) is 3. The summed E-state index contributed by atoms with van der Waals surface area (Å²) in [5, 5.41) is 0.699. The summed E-state index contributed by atoms with van der Waals surface area (Å²) in [5.74, 6) is 1.73. The fourth-order valence-corrected chi connectivity index (χ4v) is 4.28. The molecule has 6 nitrogen and oxygen atoms in total. The lowest BCUT2D eigenvalue weighted by Gasteiger charge is -2.23. The Kier molecular flexibility index (Phi) is 4.52. The molecule has 25 heavy (non-hydrogen) atoms. The summed E-state index contributed by atoms with van der Waals surface area (Å²) in [6.07, 6.45) is 4.08. The molecule has 7 heteroatoms. The van der Waals surface area contributed by atoms with Crippen molar-refractivity contribution in [3.05, 3.63) is 12.1 Å². The second-order valence-electron chi connectivity index (χ2n) is 6.50. The van der Waals surface area contributed by atoms with E-state index in [2.05, 4.69) is 0 Å². The van der Waals surface area contributed by atoms with Crippen molar-refractivity contribution in [2.45, 2.75) is 31.8 Å². The molecule has 2 aliphatic rings. The highest BCUT2D eigenvalue weighted by Crippen LogP contribution is 2.42. The Morgan fingerprint density at radius 2 is 2.04 bits per heavy atom. The number of benzene rings is 1. The van der Waals surface area contributed by atoms with Gasteiger partial charge in [0.25, 0.3) is 0 Å². The number of rotatable bonds is 6. The molecule has 1 aliphatic heterocycles. The average molecular weight is 362 g/mol. The highest BCUT2D eigenvalue weighted by Gasteiger charge is 2.37. The number of hydrogen-bond donors (Lipinski definition) is 0. The monoisotopic (exact) mass is 362 g/mol. The van der Waals surface area contributed by atoms with Crippen molar-refractivity contribution in [2.75, 3.05) is 32.3 Å². The Labute approximate surface area is 150 Å². The summed E-state index contributed by atoms with van der Waals surface area (Å²) >= 11 is 1.48. The first-order valence-electron chi connectivity index (χ1n) is 8.65. The maximum Gasteiger partial charge on any atom is 0.231 e. The van der Waals surface area contributed by atoms with Crippen LogP contribution in [0.5, 0.6) is 11.5 Å². The molecule has 2 aromatic rings. The third-order valence-electron chi connectivity index (χ3n) is 4.73. The van der Waals surface area contributed by atoms with Crippen molar-refractivity contribution in [2.24, 2.45) is 5.92 Å². The standard InChI is InChI=1S/C18H22N2O4S/c1-22-13-7-8-14(23-2)16-15(13)19-18(25-16)20(17(21)11-5-6-11)10-12-4-3-9-24-12/h7-8,11-12H,3-6,9-10H2,1-2H3. The summed E-state index contributed by atoms with van der Waals surface area (Å²) in [6.45, 7) is 1.34. The van der Waals surface area contributed by atoms with Gasteiger partial charge in [-0.05, 0) is 37.8 Å². The van der Waals surface area contributed by atoms with Gasteiger partial charge < -0.3 is 14.2 Å². The van der Waals surface area contributed by atoms with Gasteiger partial charge in [-0.1, -0.05) is 11.3 Å². The average Bonchev–Trinajstić information content (AvgIpc) is 3.17. The number of methoxy groups -OCH3 is 2. The Bertz CT molecular complexity index is 740. The number of hydrogen-bond acceptors (Lipinski definition) is 6. The zero-order chi connectivity index (χ0) is 17.4. The Morgan fingerprint density at radius 3 is 2.68 bits per heavy atom. The van der Waals surface area contributed by atoms with Crippen LogP contribution in [0.2, 0.25) is 0 Å². The molecule has 1 aromatic carbocycles. The van der Waals surface area contributed by atoms with Crippen molar-refractivity contribution in [1.29, 1.82) is 0 Å². The quantitative estimate of drug-likeness (QED) is 0.789. The first-order valence-corrected chi connectivity index (χ1v) is 9.47. The summed E-state index contributed by atoms with van der Waals surface area (Å²) in [7, 11) is 3.26. The van der Waals surface area contributed by atoms with Crippen LogP contribution in [-0.2, 0) is 9.53 Å². The van der Waals surface area contributed by atoms with Gasteiger partial charge >= 0.3 is 0 Å². The number of fused-ring (bicyclic) bond motifs is 1. The van der Waals surface area contributed by atoms with Gasteiger partial charge in [-0.2, -0.15) is 0 Å². The molecule has 2 heterocycles. The molecule has 1 aliphatic carbocycles. The molecule has 0 radical (unpaired) electrons. The van der Waals surface area contributed by atoms with Crippen LogP contribution < -0.4 is 14.4 Å². The van der Waals surface area contributed by atoms with Crippen LogP contribution in [-0.4, -0.2) is 44.4 Å². The zero-order valence-electron chi connectivity index (χ0n) is 14.5. The number of nitrogens with zero attached hydrogens (tertiary/aromatic N) is 2. The van der Waals surface area contributed by atoms with E-state index >= 15 is 0 Å². The molecule has 134 valence electrons. The summed E-state index contributed by atoms with van der Waals surface area (Å²) < 4.78 is 17.5. The molecule has 0 bridgehead atoms. The maximum absolute atomic E-state index is 12.9. The Hall–Kier alpha value is -1.86. The molecular formula is C18H22N2O4S. The van der Waals surface area contributed by atoms with E-state index in [0.29, 0.717) is 17.4 Å². The van der Waals surface area contributed by atoms with Gasteiger partial charge in [-0.15, -0.1) is 0 Å². The molecule has 1 unspecified atom stereocenters. The third-order valence-corrected chi connectivity index (χ3v) is 5.83. The summed E-state index contributed by atoms with van der Waals surface area (Å²) in [6, 6.07) is 3.72. The van der Waals surface area contributed by atoms with Gasteiger partial charge in [0.15, 0.2) is 5.13 Å². The van der Waals surface area contributed by atoms with Gasteiger partial charge in [0.2, 0.25) is 5.91 Å². The lowest BCUT2D eigenvalue weighted by atomic mass is 10.2. The fourth-order valence-electron chi connectivity index (χ4n) is 3.19. The van der Waals surface area contributed by atoms with Crippen LogP contribution in [0.4, 0.5) is 5.13 Å². The number of carbonyl (C=O) groups excluding carboxylic acids is 1. The van der Waals surface area contributed by atoms with Crippen LogP contribution in [0.15, 0.2) is 12.1 Å². The van der Waals surface area contributed by atoms with Crippen molar-refractivity contribution in [3.8, 4) is 11.5 Å². The van der Waals surface area contributed by atoms with Gasteiger partial charge in [-0.3, -0.25) is 9.69 Å². The summed E-state index contributed by atoms with van der Waals surface area (Å²) in [4.78, 5) is 19.4. The fraction of sp³-hybridized carbons (Fsp3) is 0.556. The molecule has 1 saturated heterocycles. The molecule has 0 spiro atoms. The lowest BCUT2D eigenvalue weighted by molar-refractivity contribution is -0.120. The predicted octanol–water partition coefficient (Wildman–Crippen LogP) is 3.24. The lowest BCUT2D eigenvalue weighted by Crippen LogP contribution is -2.38. The van der Waals surface area contributed by atoms with Crippen molar-refractivity contribution in [1.82, 2.24) is 4.98 Å². The van der Waals surface area contributed by atoms with Crippen LogP contribution in [0, 0.1) is 5.92 Å². The van der Waals surface area contributed by atoms with E-state index in [9.17, 15) is 4.79 Å². The first kappa shape index (κ1) is 16.6. The number of carbonyl (C=O) groups is 1. The van der Waals surface area contributed by atoms with E-state index in [1.807, 2.05) is 17.0 Å². The van der Waals surface area contributed by atoms with Crippen molar-refractivity contribution < 1.29 is 19.0 Å². The molecule has 0 N–H and O–H groups in total. The van der Waals surface area contributed by atoms with E-state index in [4.69, 9.17) is 19.2 Å². The second-order valence-corrected chi connectivity index (χ2v) is 7.48. The molecule has 2 fully saturated rings. The first-order chi connectivity index (χ1) is 12.2. The highest BCUT2D eigenvalue weighted by atomic mass is 32.1. The number of amides is 1. The second kappa shape index (κ2) is 6.80. The zero-order valence-corrected chi connectivity index (χ0v) is 15.3. The van der Waals surface area contributed by atoms with Gasteiger partial charge in [0.1, 0.15) is 21.7 Å². The molecule has 1 atom stereocenters. The topological polar surface area (TPSA) is 60.9 Å². The Balaban J connectivity index is 1.73. The smallest absolute Gasteiger partial charge is 0.231 e. The van der Waals surface area contributed by atoms with Crippen LogP contribution in [0.3, 0.4) is 0 Å². The molecular weight excluding hydrogens is 340 g/mol. The van der Waals surface area contributed by atoms with Crippen LogP contribution in [0.1, 0.15) is 25.7 Å². The van der Waals surface area contributed by atoms with E-state index in [-0.39, 0.29) is 17.9 Å². The molecule has 1 amide bonds. The molecule has 4 rings (SSSR count). The molecule has 1 aromatic heterocycles. The Morgan fingerprint density at radius 1 is 1.28 bits per heavy atom. The minimum absolute atomic E-state index is 0.0958. The maximum atomic E-state index is 12.9. The van der Waals surface area contributed by atoms with Crippen LogP contribution in [0.25, 0.3) is 10.2 Å². The van der Waals surface area contributed by atoms with Crippen molar-refractivity contribution in [3.63, 3.8) is 0 Å². The molecule has 1 saturated carbocycles. The van der Waals surface area contributed by atoms with E-state index in [0.717, 1.165) is 48.3 Å². The number of aromatic nitrogens is 1. The van der Waals surface area contributed by atoms with E-state index in [1.54, 1.807) is 14.2 Å². The van der Waals surface area contributed by atoms with Gasteiger partial charge in [-0.25, -0.2) is 4.98 Å². The van der Waals surface area contributed by atoms with Gasteiger partial charge in [0.05, 0.1) is 26.9 Å². The van der Waals surface area contributed by atoms with Crippen LogP contribution >= 0.6 is 11.3 Å². The summed E-state index contributed by atoms with van der Waals surface area (Å²) in [5.41, 5.74) is 0.739. The minimum Gasteiger partial charge on any atom is -0.495 e. The third kappa shape index (κ3) is 3.18. The van der Waals surface area contributed by atoms with Gasteiger partial charge in [0, 0.05) is 12.5 Å². The SMILES string of the molecule is COc1ccc(OC)c2sc(N(CC3CCCO3)C(=O)C3CC3)nc12. The predicted molar refractivity (Wildman–Crippen MR) is 96.8 cm³/mol. The highest BCUT2D eigenvalue weighted by molar-refractivity contribution is 7.22. The van der Waals surface area contributed by atoms with E-state index < -0.39 is 0 Å². The number of anilines is 1. The normalized spacial score (nSPS) is 20.0. The minimum atomic E-state index is 0.0958. The van der Waals surface area contributed by atoms with Crippen molar-refractivity contribution >= 4 is 32.6 Å².